The maximum atomic E-state index is 13.0. The van der Waals surface area contributed by atoms with E-state index in [1.807, 2.05) is 12.4 Å². The van der Waals surface area contributed by atoms with Crippen LogP contribution in [0, 0.1) is 5.92 Å². The Kier molecular flexibility index (Phi) is 6.43. The van der Waals surface area contributed by atoms with Gasteiger partial charge in [0.1, 0.15) is 0 Å². The number of fused-ring (bicyclic) bond motifs is 3. The van der Waals surface area contributed by atoms with Gasteiger partial charge in [0.2, 0.25) is 5.91 Å². The van der Waals surface area contributed by atoms with Crippen LogP contribution >= 0.6 is 0 Å². The maximum Gasteiger partial charge on any atom is 0.223 e. The highest BCUT2D eigenvalue weighted by atomic mass is 16.1. The molecule has 3 heterocycles. The van der Waals surface area contributed by atoms with Gasteiger partial charge in [-0.15, -0.1) is 0 Å². The van der Waals surface area contributed by atoms with Gasteiger partial charge in [-0.3, -0.25) is 14.7 Å². The van der Waals surface area contributed by atoms with Gasteiger partial charge in [-0.1, -0.05) is 67.4 Å². The minimum atomic E-state index is 0.0870. The Morgan fingerprint density at radius 3 is 2.40 bits per heavy atom. The number of hydrogen-bond acceptors (Lipinski definition) is 4. The molecular weight excluding hydrogens is 432 g/mol. The second kappa shape index (κ2) is 9.98. The van der Waals surface area contributed by atoms with E-state index in [1.165, 1.54) is 47.7 Å². The quantitative estimate of drug-likeness (QED) is 0.509. The largest absolute Gasteiger partial charge is 0.367 e. The van der Waals surface area contributed by atoms with Gasteiger partial charge in [0.25, 0.3) is 0 Å². The molecule has 0 unspecified atom stereocenters. The number of hydrogen-bond donors (Lipinski definition) is 1. The van der Waals surface area contributed by atoms with E-state index in [-0.39, 0.29) is 17.9 Å². The first-order chi connectivity index (χ1) is 17.3. The average Bonchev–Trinajstić information content (AvgIpc) is 3.52. The number of nitrogens with zero attached hydrogens (tertiary/aromatic N) is 3. The van der Waals surface area contributed by atoms with Gasteiger partial charge in [-0.05, 0) is 37.7 Å². The highest BCUT2D eigenvalue weighted by Crippen LogP contribution is 2.36. The van der Waals surface area contributed by atoms with Crippen molar-refractivity contribution < 1.29 is 4.79 Å². The molecule has 1 saturated carbocycles. The Hall–Kier alpha value is -2.92. The van der Waals surface area contributed by atoms with Gasteiger partial charge in [0.05, 0.1) is 17.9 Å². The van der Waals surface area contributed by atoms with Crippen LogP contribution in [-0.4, -0.2) is 47.5 Å². The van der Waals surface area contributed by atoms with Crippen LogP contribution in [0.4, 0.5) is 5.69 Å². The lowest BCUT2D eigenvalue weighted by atomic mass is 10.00. The number of piperazine rings is 1. The molecular formula is C30H36N4O. The Morgan fingerprint density at radius 2 is 1.63 bits per heavy atom. The highest BCUT2D eigenvalue weighted by molar-refractivity contribution is 5.93. The smallest absolute Gasteiger partial charge is 0.223 e. The lowest BCUT2D eigenvalue weighted by Gasteiger charge is -2.43. The summed E-state index contributed by atoms with van der Waals surface area (Å²) in [7, 11) is 0. The number of carbonyl (C=O) groups is 1. The number of rotatable bonds is 7. The first-order valence-electron chi connectivity index (χ1n) is 13.4. The number of nitrogens with one attached hydrogen (secondary N) is 1. The summed E-state index contributed by atoms with van der Waals surface area (Å²) < 4.78 is 0. The van der Waals surface area contributed by atoms with Gasteiger partial charge in [-0.25, -0.2) is 0 Å². The summed E-state index contributed by atoms with van der Waals surface area (Å²) in [4.78, 5) is 22.8. The van der Waals surface area contributed by atoms with E-state index in [1.54, 1.807) is 0 Å². The van der Waals surface area contributed by atoms with E-state index in [0.29, 0.717) is 12.1 Å². The van der Waals surface area contributed by atoms with E-state index in [0.717, 1.165) is 38.9 Å². The molecule has 3 atom stereocenters. The first kappa shape index (κ1) is 22.5. The number of pyridine rings is 1. The Labute approximate surface area is 208 Å². The predicted octanol–water partition coefficient (Wildman–Crippen LogP) is 5.33. The van der Waals surface area contributed by atoms with E-state index >= 15 is 0 Å². The van der Waals surface area contributed by atoms with Gasteiger partial charge in [-0.2, -0.15) is 0 Å². The van der Waals surface area contributed by atoms with Crippen LogP contribution in [-0.2, 0) is 4.79 Å². The molecule has 3 aromatic rings. The van der Waals surface area contributed by atoms with Crippen LogP contribution in [0.3, 0.4) is 0 Å². The fourth-order valence-electron chi connectivity index (χ4n) is 6.67. The standard InChI is InChI=1S/C30H36N4O/c35-30(23-10-4-5-11-23)32-28(22-8-2-1-3-9-22)16-17-34-25-14-15-26(34)21-33(20-25)29-19-31-18-24-12-6-7-13-27(24)29/h1-3,6-9,12-13,18-19,23,25-26,28H,4-5,10-11,14-17,20-21H2,(H,32,35)/t25-,26+,28-/m0/s1. The first-order valence-corrected chi connectivity index (χ1v) is 13.4. The van der Waals surface area contributed by atoms with E-state index in [2.05, 4.69) is 74.7 Å². The third kappa shape index (κ3) is 4.66. The summed E-state index contributed by atoms with van der Waals surface area (Å²) in [5.41, 5.74) is 2.50. The zero-order valence-electron chi connectivity index (χ0n) is 20.5. The third-order valence-corrected chi connectivity index (χ3v) is 8.54. The van der Waals surface area contributed by atoms with Crippen molar-refractivity contribution in [3.05, 3.63) is 72.6 Å². The molecule has 1 aromatic heterocycles. The summed E-state index contributed by atoms with van der Waals surface area (Å²) in [5.74, 6) is 0.461. The Balaban J connectivity index is 1.15. The normalized spacial score (nSPS) is 23.6. The zero-order valence-corrected chi connectivity index (χ0v) is 20.5. The van der Waals surface area contributed by atoms with Crippen molar-refractivity contribution in [1.29, 1.82) is 0 Å². The molecule has 35 heavy (non-hydrogen) atoms. The van der Waals surface area contributed by atoms with Gasteiger partial charge in [0.15, 0.2) is 0 Å². The molecule has 1 N–H and O–H groups in total. The van der Waals surface area contributed by atoms with Crippen LogP contribution in [0.5, 0.6) is 0 Å². The van der Waals surface area contributed by atoms with Gasteiger partial charge < -0.3 is 10.2 Å². The van der Waals surface area contributed by atoms with Crippen LogP contribution < -0.4 is 10.2 Å². The number of anilines is 1. The van der Waals surface area contributed by atoms with Crippen molar-refractivity contribution in [3.8, 4) is 0 Å². The molecule has 6 rings (SSSR count). The minimum absolute atomic E-state index is 0.0870. The molecule has 1 aliphatic carbocycles. The summed E-state index contributed by atoms with van der Waals surface area (Å²) >= 11 is 0. The molecule has 2 aromatic carbocycles. The van der Waals surface area contributed by atoms with Gasteiger partial charge in [0, 0.05) is 54.6 Å². The van der Waals surface area contributed by atoms with E-state index in [9.17, 15) is 4.79 Å². The zero-order chi connectivity index (χ0) is 23.6. The Morgan fingerprint density at radius 1 is 0.914 bits per heavy atom. The molecule has 5 nitrogen and oxygen atoms in total. The highest BCUT2D eigenvalue weighted by Gasteiger charge is 2.40. The molecule has 3 fully saturated rings. The number of amides is 1. The SMILES string of the molecule is O=C(N[C@@H](CCN1[C@@H]2CC[C@H]1CN(c1cncc3ccccc13)C2)c1ccccc1)C1CCCC1. The Bertz CT molecular complexity index is 1140. The van der Waals surface area contributed by atoms with Gasteiger partial charge >= 0.3 is 0 Å². The topological polar surface area (TPSA) is 48.5 Å². The number of carbonyl (C=O) groups excluding carboxylic acids is 1. The van der Waals surface area contributed by atoms with E-state index in [4.69, 9.17) is 0 Å². The molecule has 0 radical (unpaired) electrons. The van der Waals surface area contributed by atoms with Crippen molar-refractivity contribution in [2.75, 3.05) is 24.5 Å². The summed E-state index contributed by atoms with van der Waals surface area (Å²) in [5, 5.41) is 5.95. The van der Waals surface area contributed by atoms with E-state index < -0.39 is 0 Å². The van der Waals surface area contributed by atoms with Crippen molar-refractivity contribution >= 4 is 22.4 Å². The second-order valence-electron chi connectivity index (χ2n) is 10.6. The summed E-state index contributed by atoms with van der Waals surface area (Å²) in [6.07, 6.45) is 11.9. The number of aromatic nitrogens is 1. The number of benzene rings is 2. The molecule has 182 valence electrons. The lowest BCUT2D eigenvalue weighted by molar-refractivity contribution is -0.125. The van der Waals surface area contributed by atoms with Crippen LogP contribution in [0.1, 0.15) is 56.6 Å². The minimum Gasteiger partial charge on any atom is -0.367 e. The summed E-state index contributed by atoms with van der Waals surface area (Å²) in [6.45, 7) is 3.13. The van der Waals surface area contributed by atoms with Crippen molar-refractivity contribution in [1.82, 2.24) is 15.2 Å². The van der Waals surface area contributed by atoms with Crippen molar-refractivity contribution in [3.63, 3.8) is 0 Å². The monoisotopic (exact) mass is 468 g/mol. The van der Waals surface area contributed by atoms with Crippen LogP contribution in [0.2, 0.25) is 0 Å². The van der Waals surface area contributed by atoms with Crippen LogP contribution in [0.15, 0.2) is 67.0 Å². The fourth-order valence-corrected chi connectivity index (χ4v) is 6.67. The van der Waals surface area contributed by atoms with Crippen molar-refractivity contribution in [2.45, 2.75) is 63.1 Å². The molecule has 5 heteroatoms. The molecule has 2 saturated heterocycles. The lowest BCUT2D eigenvalue weighted by Crippen LogP contribution is -2.54. The second-order valence-corrected chi connectivity index (χ2v) is 10.6. The summed E-state index contributed by atoms with van der Waals surface area (Å²) in [6, 6.07) is 20.4. The molecule has 1 amide bonds. The maximum absolute atomic E-state index is 13.0. The fraction of sp³-hybridized carbons (Fsp3) is 0.467. The van der Waals surface area contributed by atoms with Crippen molar-refractivity contribution in [2.24, 2.45) is 5.92 Å². The third-order valence-electron chi connectivity index (χ3n) is 8.54. The predicted molar refractivity (Wildman–Crippen MR) is 141 cm³/mol. The molecule has 0 spiro atoms. The molecule has 3 aliphatic rings. The molecule has 2 bridgehead atoms. The average molecular weight is 469 g/mol. The van der Waals surface area contributed by atoms with Crippen LogP contribution in [0.25, 0.3) is 10.8 Å². The molecule has 2 aliphatic heterocycles.